The smallest absolute Gasteiger partial charge is 0.410 e. The van der Waals surface area contributed by atoms with Gasteiger partial charge in [0.2, 0.25) is 0 Å². The van der Waals surface area contributed by atoms with Crippen molar-refractivity contribution in [1.82, 2.24) is 24.5 Å². The van der Waals surface area contributed by atoms with E-state index in [1.54, 1.807) is 12.3 Å². The van der Waals surface area contributed by atoms with Crippen LogP contribution in [0.4, 0.5) is 10.6 Å². The topological polar surface area (TPSA) is 94.3 Å². The van der Waals surface area contributed by atoms with Gasteiger partial charge in [-0.2, -0.15) is 9.61 Å². The first kappa shape index (κ1) is 36.8. The number of nitrogens with zero attached hydrogens (tertiary/aromatic N) is 6. The Morgan fingerprint density at radius 2 is 1.56 bits per heavy atom. The van der Waals surface area contributed by atoms with Crippen LogP contribution in [0.2, 0.25) is 56.5 Å². The molecule has 0 saturated carbocycles. The molecule has 2 bridgehead atoms. The zero-order valence-corrected chi connectivity index (χ0v) is 33.1. The lowest BCUT2D eigenvalue weighted by atomic mass is 9.88. The van der Waals surface area contributed by atoms with Crippen molar-refractivity contribution in [2.45, 2.75) is 121 Å². The first-order valence-corrected chi connectivity index (χ1v) is 25.2. The number of hydrogen-bond acceptors (Lipinski definition) is 8. The minimum Gasteiger partial charge on any atom is -0.444 e. The number of aromatic nitrogens is 4. The van der Waals surface area contributed by atoms with Crippen LogP contribution < -0.4 is 4.90 Å². The third-order valence-electron chi connectivity index (χ3n) is 9.08. The number of ether oxygens (including phenoxy) is 3. The Balaban J connectivity index is 1.50. The van der Waals surface area contributed by atoms with E-state index >= 15 is 0 Å². The Labute approximate surface area is 293 Å². The third kappa shape index (κ3) is 9.59. The molecule has 48 heavy (non-hydrogen) atoms. The molecular weight excluding hydrogens is 660 g/mol. The summed E-state index contributed by atoms with van der Waals surface area (Å²) in [5, 5.41) is 5.29. The fourth-order valence-electron chi connectivity index (χ4n) is 6.45. The molecule has 0 unspecified atom stereocenters. The molecule has 1 amide bonds. The van der Waals surface area contributed by atoms with Gasteiger partial charge in [0, 0.05) is 76.4 Å². The van der Waals surface area contributed by atoms with Gasteiger partial charge in [0.05, 0.1) is 6.20 Å². The van der Waals surface area contributed by atoms with Crippen molar-refractivity contribution in [3.05, 3.63) is 41.4 Å². The van der Waals surface area contributed by atoms with Gasteiger partial charge >= 0.3 is 6.09 Å². The zero-order chi connectivity index (χ0) is 34.9. The van der Waals surface area contributed by atoms with Crippen LogP contribution in [0.5, 0.6) is 0 Å². The lowest BCUT2D eigenvalue weighted by Crippen LogP contribution is -2.48. The highest BCUT2D eigenvalue weighted by molar-refractivity contribution is 6.76. The maximum absolute atomic E-state index is 13.2. The van der Waals surface area contributed by atoms with Crippen LogP contribution >= 0.6 is 11.6 Å². The van der Waals surface area contributed by atoms with E-state index in [4.69, 9.17) is 35.9 Å². The second-order valence-corrected chi connectivity index (χ2v) is 28.5. The Bertz CT molecular complexity index is 1510. The number of carbonyl (C=O) groups is 1. The highest BCUT2D eigenvalue weighted by atomic mass is 35.5. The molecule has 5 heterocycles. The molecule has 0 spiro atoms. The van der Waals surface area contributed by atoms with Gasteiger partial charge in [-0.05, 0) is 70.7 Å². The SMILES string of the molecule is CC(C)(C)OC(=O)N1[C@@H]2CC[C@H]1C[C@@H](c1cc(N(COCC[Si](C)(C)C)COCC[Si](C)(C)C)n3ncc(-c4ccc(Cl)nc4)c3n1)C2. The summed E-state index contributed by atoms with van der Waals surface area (Å²) in [4.78, 5) is 27.0. The highest BCUT2D eigenvalue weighted by Crippen LogP contribution is 2.44. The summed E-state index contributed by atoms with van der Waals surface area (Å²) in [6.45, 7) is 22.1. The van der Waals surface area contributed by atoms with Gasteiger partial charge in [-0.15, -0.1) is 0 Å². The molecule has 0 aliphatic carbocycles. The number of amides is 1. The van der Waals surface area contributed by atoms with E-state index in [0.717, 1.165) is 66.1 Å². The van der Waals surface area contributed by atoms with E-state index < -0.39 is 21.7 Å². The summed E-state index contributed by atoms with van der Waals surface area (Å²) in [5.41, 5.74) is 3.00. The molecule has 2 saturated heterocycles. The van der Waals surface area contributed by atoms with E-state index in [9.17, 15) is 4.79 Å². The van der Waals surface area contributed by atoms with Crippen molar-refractivity contribution in [2.24, 2.45) is 0 Å². The molecule has 0 N–H and O–H groups in total. The Kier molecular flexibility index (Phi) is 11.3. The zero-order valence-electron chi connectivity index (χ0n) is 30.4. The van der Waals surface area contributed by atoms with Gasteiger partial charge in [0.1, 0.15) is 30.0 Å². The van der Waals surface area contributed by atoms with Crippen LogP contribution in [-0.2, 0) is 14.2 Å². The molecule has 2 aliphatic rings. The minimum absolute atomic E-state index is 0.126. The summed E-state index contributed by atoms with van der Waals surface area (Å²) < 4.78 is 20.4. The number of fused-ring (bicyclic) bond motifs is 3. The van der Waals surface area contributed by atoms with Crippen molar-refractivity contribution in [3.8, 4) is 11.1 Å². The number of anilines is 1. The van der Waals surface area contributed by atoms with Gasteiger partial charge in [-0.1, -0.05) is 50.9 Å². The van der Waals surface area contributed by atoms with Crippen LogP contribution in [-0.4, -0.2) is 91.1 Å². The fourth-order valence-corrected chi connectivity index (χ4v) is 8.07. The maximum Gasteiger partial charge on any atom is 0.410 e. The molecule has 13 heteroatoms. The molecule has 2 aliphatic heterocycles. The van der Waals surface area contributed by atoms with Gasteiger partial charge in [-0.25, -0.2) is 14.8 Å². The second-order valence-electron chi connectivity index (χ2n) is 16.9. The van der Waals surface area contributed by atoms with Crippen molar-refractivity contribution in [3.63, 3.8) is 0 Å². The number of hydrogen-bond donors (Lipinski definition) is 0. The number of rotatable bonds is 13. The highest BCUT2D eigenvalue weighted by Gasteiger charge is 2.45. The fraction of sp³-hybridized carbons (Fsp3) is 0.657. The first-order chi connectivity index (χ1) is 22.5. The van der Waals surface area contributed by atoms with E-state index in [1.165, 1.54) is 0 Å². The van der Waals surface area contributed by atoms with Crippen molar-refractivity contribution in [2.75, 3.05) is 31.6 Å². The van der Waals surface area contributed by atoms with Crippen LogP contribution in [0.1, 0.15) is 58.1 Å². The largest absolute Gasteiger partial charge is 0.444 e. The van der Waals surface area contributed by atoms with Gasteiger partial charge in [0.25, 0.3) is 0 Å². The predicted molar refractivity (Wildman–Crippen MR) is 199 cm³/mol. The number of halogens is 1. The van der Waals surface area contributed by atoms with Crippen LogP contribution in [0.25, 0.3) is 16.8 Å². The Hall–Kier alpha value is -2.52. The summed E-state index contributed by atoms with van der Waals surface area (Å²) in [6.07, 6.45) is 7.04. The van der Waals surface area contributed by atoms with E-state index in [0.29, 0.717) is 31.8 Å². The van der Waals surface area contributed by atoms with E-state index in [-0.39, 0.29) is 24.1 Å². The standard InChI is InChI=1S/C35H55ClN6O4Si2/c1-35(2,3)46-34(43)41-27-11-12-28(41)19-26(18-27)30-20-32(42-33(39-30)29(22-38-42)25-10-13-31(36)37-21-25)40(23-44-14-16-47(4,5)6)24-45-15-17-48(7,8)9/h10,13,20-22,26-28H,11-12,14-19,23-24H2,1-9H3/t26-,27+,28-. The van der Waals surface area contributed by atoms with Crippen molar-refractivity contribution < 1.29 is 19.0 Å². The summed E-state index contributed by atoms with van der Waals surface area (Å²) in [6, 6.07) is 8.34. The quantitative estimate of drug-likeness (QED) is 0.0753. The first-order valence-electron chi connectivity index (χ1n) is 17.4. The van der Waals surface area contributed by atoms with Gasteiger partial charge in [-0.3, -0.25) is 0 Å². The molecular formula is C35H55ClN6O4Si2. The molecule has 3 atom stereocenters. The number of carbonyl (C=O) groups excluding carboxylic acids is 1. The lowest BCUT2D eigenvalue weighted by Gasteiger charge is -2.39. The van der Waals surface area contributed by atoms with E-state index in [2.05, 4.69) is 55.2 Å². The molecule has 264 valence electrons. The maximum atomic E-state index is 13.2. The molecule has 3 aromatic heterocycles. The van der Waals surface area contributed by atoms with Crippen LogP contribution in [0.3, 0.4) is 0 Å². The van der Waals surface area contributed by atoms with E-state index in [1.807, 2.05) is 42.4 Å². The van der Waals surface area contributed by atoms with Crippen LogP contribution in [0.15, 0.2) is 30.6 Å². The number of pyridine rings is 1. The Morgan fingerprint density at radius 3 is 2.08 bits per heavy atom. The molecule has 0 radical (unpaired) electrons. The summed E-state index contributed by atoms with van der Waals surface area (Å²) in [5.74, 6) is 1.06. The Morgan fingerprint density at radius 1 is 0.958 bits per heavy atom. The number of piperidine rings is 1. The second kappa shape index (κ2) is 14.8. The average Bonchev–Trinajstić information content (AvgIpc) is 3.52. The predicted octanol–water partition coefficient (Wildman–Crippen LogP) is 8.52. The van der Waals surface area contributed by atoms with Crippen LogP contribution in [0, 0.1) is 0 Å². The van der Waals surface area contributed by atoms with Gasteiger partial charge in [0.15, 0.2) is 5.65 Å². The molecule has 5 rings (SSSR count). The summed E-state index contributed by atoms with van der Waals surface area (Å²) >= 11 is 6.15. The molecule has 2 fully saturated rings. The third-order valence-corrected chi connectivity index (χ3v) is 12.7. The average molecular weight is 715 g/mol. The van der Waals surface area contributed by atoms with Crippen molar-refractivity contribution in [1.29, 1.82) is 0 Å². The van der Waals surface area contributed by atoms with Gasteiger partial charge < -0.3 is 24.0 Å². The summed E-state index contributed by atoms with van der Waals surface area (Å²) in [7, 11) is -2.52. The molecule has 3 aromatic rings. The normalized spacial score (nSPS) is 20.0. The molecule has 0 aromatic carbocycles. The molecule has 10 nitrogen and oxygen atoms in total. The van der Waals surface area contributed by atoms with Crippen molar-refractivity contribution >= 4 is 45.3 Å². The monoisotopic (exact) mass is 714 g/mol. The lowest BCUT2D eigenvalue weighted by molar-refractivity contribution is 0.00569. The minimum atomic E-state index is -1.26.